The van der Waals surface area contributed by atoms with Crippen molar-refractivity contribution < 1.29 is 14.3 Å². The first-order valence-corrected chi connectivity index (χ1v) is 8.23. The molecule has 0 bridgehead atoms. The van der Waals surface area contributed by atoms with Gasteiger partial charge in [0.05, 0.1) is 24.7 Å². The van der Waals surface area contributed by atoms with Crippen LogP contribution < -0.4 is 5.32 Å². The Morgan fingerprint density at radius 2 is 2.20 bits per heavy atom. The van der Waals surface area contributed by atoms with Crippen molar-refractivity contribution in [1.82, 2.24) is 5.32 Å². The number of hydrogen-bond acceptors (Lipinski definition) is 4. The second-order valence-electron chi connectivity index (χ2n) is 6.68. The monoisotopic (exact) mass is 281 g/mol. The van der Waals surface area contributed by atoms with Crippen molar-refractivity contribution in [2.24, 2.45) is 11.8 Å². The van der Waals surface area contributed by atoms with Gasteiger partial charge in [0, 0.05) is 18.6 Å². The molecule has 3 unspecified atom stereocenters. The van der Waals surface area contributed by atoms with Crippen molar-refractivity contribution in [1.29, 1.82) is 0 Å². The van der Waals surface area contributed by atoms with Crippen LogP contribution >= 0.6 is 0 Å². The zero-order valence-electron chi connectivity index (χ0n) is 12.5. The van der Waals surface area contributed by atoms with Gasteiger partial charge in [-0.05, 0) is 45.1 Å². The maximum absolute atomic E-state index is 12.8. The van der Waals surface area contributed by atoms with Crippen LogP contribution in [0.5, 0.6) is 0 Å². The van der Waals surface area contributed by atoms with E-state index in [4.69, 9.17) is 9.47 Å². The van der Waals surface area contributed by atoms with Gasteiger partial charge in [-0.25, -0.2) is 0 Å². The molecule has 0 aromatic carbocycles. The Hall–Kier alpha value is -0.450. The molecule has 2 aliphatic heterocycles. The van der Waals surface area contributed by atoms with E-state index < -0.39 is 0 Å². The molecule has 1 spiro atoms. The molecule has 0 aromatic rings. The van der Waals surface area contributed by atoms with Crippen LogP contribution in [0.2, 0.25) is 0 Å². The fourth-order valence-electron chi connectivity index (χ4n) is 3.86. The van der Waals surface area contributed by atoms with Gasteiger partial charge in [-0.3, -0.25) is 4.79 Å². The summed E-state index contributed by atoms with van der Waals surface area (Å²) in [6, 6.07) is 0.225. The zero-order valence-corrected chi connectivity index (χ0v) is 12.5. The zero-order chi connectivity index (χ0) is 14.0. The van der Waals surface area contributed by atoms with E-state index in [2.05, 4.69) is 12.2 Å². The van der Waals surface area contributed by atoms with Gasteiger partial charge in [-0.15, -0.1) is 0 Å². The maximum Gasteiger partial charge on any atom is 0.143 e. The standard InChI is InChI=1S/C16H27NO3/c1-2-7-17-14-11-19-10-13(14)15(18)12-4-8-20-16(9-12)5-3-6-16/h12-14,17H,2-11H2,1H3. The van der Waals surface area contributed by atoms with E-state index >= 15 is 0 Å². The molecule has 3 rings (SSSR count). The van der Waals surface area contributed by atoms with Crippen LogP contribution in [0.15, 0.2) is 0 Å². The van der Waals surface area contributed by atoms with E-state index in [-0.39, 0.29) is 23.5 Å². The maximum atomic E-state index is 12.8. The van der Waals surface area contributed by atoms with Crippen molar-refractivity contribution in [3.8, 4) is 0 Å². The molecule has 3 fully saturated rings. The van der Waals surface area contributed by atoms with Crippen LogP contribution in [0.3, 0.4) is 0 Å². The summed E-state index contributed by atoms with van der Waals surface area (Å²) < 4.78 is 11.5. The number of carbonyl (C=O) groups excluding carboxylic acids is 1. The van der Waals surface area contributed by atoms with Gasteiger partial charge >= 0.3 is 0 Å². The first-order valence-electron chi connectivity index (χ1n) is 8.23. The Kier molecular flexibility index (Phi) is 4.43. The molecular formula is C16H27NO3. The Morgan fingerprint density at radius 1 is 1.35 bits per heavy atom. The summed E-state index contributed by atoms with van der Waals surface area (Å²) in [5, 5.41) is 3.47. The van der Waals surface area contributed by atoms with Gasteiger partial charge in [0.2, 0.25) is 0 Å². The van der Waals surface area contributed by atoms with E-state index in [1.54, 1.807) is 0 Å². The highest BCUT2D eigenvalue weighted by Crippen LogP contribution is 2.45. The molecule has 3 aliphatic rings. The van der Waals surface area contributed by atoms with Gasteiger partial charge in [0.1, 0.15) is 5.78 Å². The van der Waals surface area contributed by atoms with Crippen molar-refractivity contribution in [2.45, 2.75) is 57.1 Å². The lowest BCUT2D eigenvalue weighted by Gasteiger charge is -2.47. The number of ether oxygens (including phenoxy) is 2. The van der Waals surface area contributed by atoms with Gasteiger partial charge < -0.3 is 14.8 Å². The number of carbonyl (C=O) groups is 1. The summed E-state index contributed by atoms with van der Waals surface area (Å²) in [4.78, 5) is 12.8. The average Bonchev–Trinajstić information content (AvgIpc) is 2.91. The highest BCUT2D eigenvalue weighted by atomic mass is 16.5. The Labute approximate surface area is 121 Å². The quantitative estimate of drug-likeness (QED) is 0.836. The minimum atomic E-state index is 0.0572. The molecule has 4 nitrogen and oxygen atoms in total. The SMILES string of the molecule is CCCNC1COCC1C(=O)C1CCOC2(CCC2)C1. The summed E-state index contributed by atoms with van der Waals surface area (Å²) in [7, 11) is 0. The Morgan fingerprint density at radius 3 is 2.90 bits per heavy atom. The molecule has 1 saturated carbocycles. The molecule has 0 amide bonds. The lowest BCUT2D eigenvalue weighted by atomic mass is 9.69. The molecule has 0 aromatic heterocycles. The van der Waals surface area contributed by atoms with Gasteiger partial charge in [-0.2, -0.15) is 0 Å². The lowest BCUT2D eigenvalue weighted by molar-refractivity contribution is -0.158. The van der Waals surface area contributed by atoms with Crippen LogP contribution in [-0.2, 0) is 14.3 Å². The second kappa shape index (κ2) is 6.12. The van der Waals surface area contributed by atoms with E-state index in [1.165, 1.54) is 6.42 Å². The molecule has 1 N–H and O–H groups in total. The fraction of sp³-hybridized carbons (Fsp3) is 0.938. The minimum Gasteiger partial charge on any atom is -0.379 e. The van der Waals surface area contributed by atoms with Crippen molar-refractivity contribution in [3.63, 3.8) is 0 Å². The molecule has 4 heteroatoms. The fourth-order valence-corrected chi connectivity index (χ4v) is 3.86. The number of rotatable bonds is 5. The van der Waals surface area contributed by atoms with Crippen LogP contribution in [0.25, 0.3) is 0 Å². The van der Waals surface area contributed by atoms with Crippen LogP contribution in [0.4, 0.5) is 0 Å². The lowest BCUT2D eigenvalue weighted by Crippen LogP contribution is -2.49. The molecule has 1 aliphatic carbocycles. The molecule has 2 heterocycles. The number of ketones is 1. The molecule has 2 saturated heterocycles. The molecular weight excluding hydrogens is 254 g/mol. The third kappa shape index (κ3) is 2.78. The van der Waals surface area contributed by atoms with E-state index in [1.807, 2.05) is 0 Å². The first kappa shape index (κ1) is 14.5. The van der Waals surface area contributed by atoms with Gasteiger partial charge in [-0.1, -0.05) is 6.92 Å². The molecule has 20 heavy (non-hydrogen) atoms. The van der Waals surface area contributed by atoms with E-state index in [9.17, 15) is 4.79 Å². The highest BCUT2D eigenvalue weighted by Gasteiger charge is 2.46. The van der Waals surface area contributed by atoms with Crippen molar-refractivity contribution in [3.05, 3.63) is 0 Å². The van der Waals surface area contributed by atoms with E-state index in [0.29, 0.717) is 19.0 Å². The number of nitrogens with one attached hydrogen (secondary N) is 1. The predicted molar refractivity (Wildman–Crippen MR) is 76.7 cm³/mol. The smallest absolute Gasteiger partial charge is 0.143 e. The second-order valence-corrected chi connectivity index (χ2v) is 6.68. The van der Waals surface area contributed by atoms with Crippen molar-refractivity contribution in [2.75, 3.05) is 26.4 Å². The van der Waals surface area contributed by atoms with Crippen molar-refractivity contribution >= 4 is 5.78 Å². The van der Waals surface area contributed by atoms with Crippen LogP contribution in [0.1, 0.15) is 45.4 Å². The molecule has 3 atom stereocenters. The summed E-state index contributed by atoms with van der Waals surface area (Å²) in [6.45, 7) is 5.17. The average molecular weight is 281 g/mol. The van der Waals surface area contributed by atoms with Gasteiger partial charge in [0.15, 0.2) is 0 Å². The topological polar surface area (TPSA) is 47.6 Å². The number of Topliss-reactive ketones (excluding diaryl/α,β-unsaturated/α-hetero) is 1. The highest BCUT2D eigenvalue weighted by molar-refractivity contribution is 5.84. The normalized spacial score (nSPS) is 36.0. The predicted octanol–water partition coefficient (Wildman–Crippen LogP) is 1.92. The Bertz CT molecular complexity index is 354. The first-order chi connectivity index (χ1) is 9.74. The third-order valence-corrected chi connectivity index (χ3v) is 5.26. The summed E-state index contributed by atoms with van der Waals surface area (Å²) in [5.74, 6) is 0.675. The van der Waals surface area contributed by atoms with E-state index in [0.717, 1.165) is 45.3 Å². The minimum absolute atomic E-state index is 0.0572. The number of hydrogen-bond donors (Lipinski definition) is 1. The summed E-state index contributed by atoms with van der Waals surface area (Å²) >= 11 is 0. The third-order valence-electron chi connectivity index (χ3n) is 5.26. The largest absolute Gasteiger partial charge is 0.379 e. The molecule has 114 valence electrons. The van der Waals surface area contributed by atoms with Gasteiger partial charge in [0.25, 0.3) is 0 Å². The summed E-state index contributed by atoms with van der Waals surface area (Å²) in [5.41, 5.74) is 0.0599. The van der Waals surface area contributed by atoms with Crippen LogP contribution in [-0.4, -0.2) is 43.8 Å². The summed E-state index contributed by atoms with van der Waals surface area (Å²) in [6.07, 6.45) is 6.50. The van der Waals surface area contributed by atoms with Crippen LogP contribution in [0, 0.1) is 11.8 Å². The Balaban J connectivity index is 1.59. The molecule has 0 radical (unpaired) electrons.